The predicted molar refractivity (Wildman–Crippen MR) is 100.0 cm³/mol. The van der Waals surface area contributed by atoms with Gasteiger partial charge in [0, 0.05) is 26.7 Å². The van der Waals surface area contributed by atoms with Gasteiger partial charge in [-0.2, -0.15) is 0 Å². The summed E-state index contributed by atoms with van der Waals surface area (Å²) >= 11 is 0. The number of benzene rings is 1. The van der Waals surface area contributed by atoms with E-state index in [-0.39, 0.29) is 17.9 Å². The molecule has 0 radical (unpaired) electrons. The lowest BCUT2D eigenvalue weighted by Crippen LogP contribution is -2.47. The first-order chi connectivity index (χ1) is 12.2. The molecule has 1 heterocycles. The number of amides is 2. The number of ether oxygens (including phenoxy) is 2. The Hall–Kier alpha value is -2.24. The van der Waals surface area contributed by atoms with Crippen molar-refractivity contribution in [1.29, 1.82) is 0 Å². The van der Waals surface area contributed by atoms with Gasteiger partial charge in [-0.05, 0) is 51.3 Å². The third kappa shape index (κ3) is 5.64. The summed E-state index contributed by atoms with van der Waals surface area (Å²) in [6.45, 7) is 7.13. The second kappa shape index (κ2) is 8.43. The highest BCUT2D eigenvalue weighted by molar-refractivity contribution is 5.80. The first-order valence-electron chi connectivity index (χ1n) is 9.05. The Bertz CT molecular complexity index is 622. The lowest BCUT2D eigenvalue weighted by Gasteiger charge is -2.35. The van der Waals surface area contributed by atoms with Crippen LogP contribution in [0.4, 0.5) is 4.79 Å². The fourth-order valence-electron chi connectivity index (χ4n) is 3.07. The maximum Gasteiger partial charge on any atom is 0.410 e. The van der Waals surface area contributed by atoms with Crippen LogP contribution in [0.25, 0.3) is 0 Å². The summed E-state index contributed by atoms with van der Waals surface area (Å²) in [5.74, 6) is 0.677. The third-order valence-corrected chi connectivity index (χ3v) is 4.38. The molecule has 1 saturated heterocycles. The number of likely N-dealkylation sites (tertiary alicyclic amines) is 1. The van der Waals surface area contributed by atoms with Crippen molar-refractivity contribution in [1.82, 2.24) is 9.80 Å². The van der Waals surface area contributed by atoms with Crippen LogP contribution in [0.5, 0.6) is 5.75 Å². The second-order valence-electron chi connectivity index (χ2n) is 7.81. The van der Waals surface area contributed by atoms with Gasteiger partial charge in [-0.3, -0.25) is 4.79 Å². The van der Waals surface area contributed by atoms with E-state index in [1.165, 1.54) is 0 Å². The molecule has 6 heteroatoms. The normalized spacial score (nSPS) is 17.6. The molecule has 0 unspecified atom stereocenters. The largest absolute Gasteiger partial charge is 0.497 e. The summed E-state index contributed by atoms with van der Waals surface area (Å²) < 4.78 is 10.6. The van der Waals surface area contributed by atoms with Gasteiger partial charge in [0.1, 0.15) is 11.4 Å². The van der Waals surface area contributed by atoms with Crippen molar-refractivity contribution in [2.75, 3.05) is 27.2 Å². The molecule has 1 aromatic rings. The van der Waals surface area contributed by atoms with E-state index in [9.17, 15) is 9.59 Å². The van der Waals surface area contributed by atoms with E-state index < -0.39 is 5.60 Å². The summed E-state index contributed by atoms with van der Waals surface area (Å²) in [4.78, 5) is 28.5. The molecule has 0 bridgehead atoms. The number of rotatable bonds is 4. The van der Waals surface area contributed by atoms with E-state index >= 15 is 0 Å². The van der Waals surface area contributed by atoms with Crippen LogP contribution in [0, 0.1) is 5.92 Å². The second-order valence-corrected chi connectivity index (χ2v) is 7.81. The van der Waals surface area contributed by atoms with E-state index in [0.29, 0.717) is 19.6 Å². The fourth-order valence-corrected chi connectivity index (χ4v) is 3.07. The molecular formula is C20H30N2O4. The maximum atomic E-state index is 12.8. The van der Waals surface area contributed by atoms with Crippen LogP contribution in [0.1, 0.15) is 39.2 Å². The van der Waals surface area contributed by atoms with Crippen LogP contribution in [-0.4, -0.2) is 54.6 Å². The number of methoxy groups -OCH3 is 1. The van der Waals surface area contributed by atoms with Crippen LogP contribution in [0.15, 0.2) is 24.3 Å². The number of hydrogen-bond donors (Lipinski definition) is 0. The minimum Gasteiger partial charge on any atom is -0.497 e. The van der Waals surface area contributed by atoms with E-state index in [2.05, 4.69) is 0 Å². The molecule has 1 aliphatic heterocycles. The van der Waals surface area contributed by atoms with Crippen LogP contribution >= 0.6 is 0 Å². The Kier molecular flexibility index (Phi) is 6.51. The summed E-state index contributed by atoms with van der Waals surface area (Å²) in [6.07, 6.45) is 1.27. The molecule has 26 heavy (non-hydrogen) atoms. The minimum absolute atomic E-state index is 0.0640. The predicted octanol–water partition coefficient (Wildman–Crippen LogP) is 3.30. The van der Waals surface area contributed by atoms with Crippen molar-refractivity contribution in [2.45, 2.75) is 45.8 Å². The lowest BCUT2D eigenvalue weighted by atomic mass is 9.96. The average molecular weight is 362 g/mol. The zero-order chi connectivity index (χ0) is 19.3. The van der Waals surface area contributed by atoms with Crippen molar-refractivity contribution >= 4 is 12.0 Å². The van der Waals surface area contributed by atoms with Gasteiger partial charge in [0.25, 0.3) is 0 Å². The molecule has 2 rings (SSSR count). The summed E-state index contributed by atoms with van der Waals surface area (Å²) in [6, 6.07) is 7.68. The highest BCUT2D eigenvalue weighted by Crippen LogP contribution is 2.22. The van der Waals surface area contributed by atoms with Crippen molar-refractivity contribution in [3.8, 4) is 5.75 Å². The molecule has 0 spiro atoms. The van der Waals surface area contributed by atoms with E-state index in [1.54, 1.807) is 24.0 Å². The first kappa shape index (κ1) is 20.1. The van der Waals surface area contributed by atoms with E-state index in [1.807, 2.05) is 45.0 Å². The Morgan fingerprint density at radius 2 is 1.88 bits per heavy atom. The quantitative estimate of drug-likeness (QED) is 0.825. The highest BCUT2D eigenvalue weighted by atomic mass is 16.6. The number of hydrogen-bond acceptors (Lipinski definition) is 4. The van der Waals surface area contributed by atoms with Crippen molar-refractivity contribution in [2.24, 2.45) is 5.92 Å². The lowest BCUT2D eigenvalue weighted by molar-refractivity contribution is -0.136. The first-order valence-corrected chi connectivity index (χ1v) is 9.05. The van der Waals surface area contributed by atoms with Gasteiger partial charge < -0.3 is 19.3 Å². The summed E-state index contributed by atoms with van der Waals surface area (Å²) in [5.41, 5.74) is 0.514. The summed E-state index contributed by atoms with van der Waals surface area (Å²) in [7, 11) is 3.43. The maximum absolute atomic E-state index is 12.8. The van der Waals surface area contributed by atoms with Gasteiger partial charge in [-0.1, -0.05) is 12.1 Å². The van der Waals surface area contributed by atoms with E-state index in [0.717, 1.165) is 24.2 Å². The van der Waals surface area contributed by atoms with Gasteiger partial charge >= 0.3 is 6.09 Å². The topological polar surface area (TPSA) is 59.1 Å². The van der Waals surface area contributed by atoms with Crippen molar-refractivity contribution in [3.05, 3.63) is 29.8 Å². The van der Waals surface area contributed by atoms with Crippen LogP contribution < -0.4 is 4.74 Å². The number of piperidine rings is 1. The molecule has 144 valence electrons. The van der Waals surface area contributed by atoms with Crippen LogP contribution in [-0.2, 0) is 16.1 Å². The fraction of sp³-hybridized carbons (Fsp3) is 0.600. The van der Waals surface area contributed by atoms with Gasteiger partial charge in [0.2, 0.25) is 5.91 Å². The molecule has 0 aromatic heterocycles. The monoisotopic (exact) mass is 362 g/mol. The summed E-state index contributed by atoms with van der Waals surface area (Å²) in [5, 5.41) is 0. The SMILES string of the molecule is COc1ccc(CN(C)C(=O)[C@@H]2CCCN(C(=O)OC(C)(C)C)C2)cc1. The third-order valence-electron chi connectivity index (χ3n) is 4.38. The van der Waals surface area contributed by atoms with Gasteiger partial charge in [0.05, 0.1) is 13.0 Å². The van der Waals surface area contributed by atoms with Crippen LogP contribution in [0.3, 0.4) is 0 Å². The molecule has 1 atom stereocenters. The van der Waals surface area contributed by atoms with Gasteiger partial charge in [0.15, 0.2) is 0 Å². The van der Waals surface area contributed by atoms with Crippen LogP contribution in [0.2, 0.25) is 0 Å². The number of nitrogens with zero attached hydrogens (tertiary/aromatic N) is 2. The van der Waals surface area contributed by atoms with Gasteiger partial charge in [-0.25, -0.2) is 4.79 Å². The van der Waals surface area contributed by atoms with E-state index in [4.69, 9.17) is 9.47 Å². The Labute approximate surface area is 156 Å². The van der Waals surface area contributed by atoms with Gasteiger partial charge in [-0.15, -0.1) is 0 Å². The Morgan fingerprint density at radius 1 is 1.23 bits per heavy atom. The number of carbonyl (C=O) groups excluding carboxylic acids is 2. The molecule has 0 N–H and O–H groups in total. The standard InChI is InChI=1S/C20H30N2O4/c1-20(2,3)26-19(24)22-12-6-7-16(14-22)18(23)21(4)13-15-8-10-17(25-5)11-9-15/h8-11,16H,6-7,12-14H2,1-5H3/t16-/m1/s1. The molecular weight excluding hydrogens is 332 g/mol. The molecule has 2 amide bonds. The van der Waals surface area contributed by atoms with Crippen molar-refractivity contribution < 1.29 is 19.1 Å². The molecule has 1 aliphatic rings. The Balaban J connectivity index is 1.93. The molecule has 1 aromatic carbocycles. The highest BCUT2D eigenvalue weighted by Gasteiger charge is 2.32. The molecule has 6 nitrogen and oxygen atoms in total. The molecule has 0 saturated carbocycles. The minimum atomic E-state index is -0.529. The average Bonchev–Trinajstić information content (AvgIpc) is 2.60. The zero-order valence-electron chi connectivity index (χ0n) is 16.4. The van der Waals surface area contributed by atoms with Crippen molar-refractivity contribution in [3.63, 3.8) is 0 Å². The molecule has 0 aliphatic carbocycles. The number of carbonyl (C=O) groups is 2. The zero-order valence-corrected chi connectivity index (χ0v) is 16.4. The smallest absolute Gasteiger partial charge is 0.410 e. The Morgan fingerprint density at radius 3 is 2.46 bits per heavy atom. The molecule has 1 fully saturated rings.